The maximum atomic E-state index is 13.8. The zero-order chi connectivity index (χ0) is 22.6. The Kier molecular flexibility index (Phi) is 6.69. The Balaban J connectivity index is 1.47. The molecule has 7 heteroatoms. The summed E-state index contributed by atoms with van der Waals surface area (Å²) in [5.74, 6) is 0.604. The van der Waals surface area contributed by atoms with E-state index in [0.717, 1.165) is 87.2 Å². The molecular weight excluding hydrogens is 414 g/mol. The van der Waals surface area contributed by atoms with E-state index in [1.54, 1.807) is 0 Å². The molecule has 0 spiro atoms. The molecule has 33 heavy (non-hydrogen) atoms. The van der Waals surface area contributed by atoms with Gasteiger partial charge < -0.3 is 10.1 Å². The highest BCUT2D eigenvalue weighted by molar-refractivity contribution is 5.76. The number of morpholine rings is 1. The molecule has 3 aromatic rings. The Bertz CT molecular complexity index is 1130. The Hall–Kier alpha value is -2.77. The van der Waals surface area contributed by atoms with Gasteiger partial charge in [-0.3, -0.25) is 14.3 Å². The van der Waals surface area contributed by atoms with Crippen LogP contribution >= 0.6 is 0 Å². The van der Waals surface area contributed by atoms with Crippen LogP contribution in [-0.4, -0.2) is 58.8 Å². The van der Waals surface area contributed by atoms with Crippen LogP contribution in [0.2, 0.25) is 0 Å². The van der Waals surface area contributed by atoms with E-state index >= 15 is 0 Å². The lowest BCUT2D eigenvalue weighted by molar-refractivity contribution is 0.0398. The van der Waals surface area contributed by atoms with Crippen LogP contribution in [0.1, 0.15) is 55.7 Å². The minimum absolute atomic E-state index is 0.0158. The lowest BCUT2D eigenvalue weighted by Crippen LogP contribution is -2.39. The van der Waals surface area contributed by atoms with Gasteiger partial charge in [0.25, 0.3) is 5.56 Å². The van der Waals surface area contributed by atoms with Crippen LogP contribution in [0, 0.1) is 0 Å². The third-order valence-electron chi connectivity index (χ3n) is 7.07. The van der Waals surface area contributed by atoms with Crippen molar-refractivity contribution >= 4 is 17.0 Å². The minimum atomic E-state index is 0.0158. The molecule has 3 heterocycles. The van der Waals surface area contributed by atoms with Crippen molar-refractivity contribution in [2.45, 2.75) is 44.6 Å². The molecule has 1 atom stereocenters. The fourth-order valence-electron chi connectivity index (χ4n) is 5.11. The second kappa shape index (κ2) is 10.0. The molecule has 1 aliphatic carbocycles. The standard InChI is InChI=1S/C26H33N5O2/c1-19(20-7-3-2-4-8-20)23-17-21-18-28-26(27-11-12-30-13-15-33-16-14-30)29-24(21)31(25(23)32)22-9-5-6-10-22/h2-4,7-8,17-19,22H,5-6,9-16H2,1H3,(H,27,28,29). The van der Waals surface area contributed by atoms with Gasteiger partial charge in [0.05, 0.1) is 13.2 Å². The van der Waals surface area contributed by atoms with Gasteiger partial charge in [0, 0.05) is 55.3 Å². The number of rotatable bonds is 7. The summed E-state index contributed by atoms with van der Waals surface area (Å²) >= 11 is 0. The number of benzene rings is 1. The first-order chi connectivity index (χ1) is 16.2. The first-order valence-corrected chi connectivity index (χ1v) is 12.2. The molecule has 1 saturated heterocycles. The van der Waals surface area contributed by atoms with Crippen molar-refractivity contribution < 1.29 is 4.74 Å². The van der Waals surface area contributed by atoms with E-state index in [4.69, 9.17) is 9.72 Å². The molecule has 1 saturated carbocycles. The van der Waals surface area contributed by atoms with Gasteiger partial charge in [-0.15, -0.1) is 0 Å². The Morgan fingerprint density at radius 2 is 1.91 bits per heavy atom. The molecule has 0 amide bonds. The van der Waals surface area contributed by atoms with E-state index in [1.165, 1.54) is 0 Å². The lowest BCUT2D eigenvalue weighted by Gasteiger charge is -2.26. The number of aromatic nitrogens is 3. The highest BCUT2D eigenvalue weighted by Crippen LogP contribution is 2.32. The maximum absolute atomic E-state index is 13.8. The summed E-state index contributed by atoms with van der Waals surface area (Å²) in [7, 11) is 0. The summed E-state index contributed by atoms with van der Waals surface area (Å²) in [5.41, 5.74) is 2.80. The van der Waals surface area contributed by atoms with Crippen LogP contribution in [0.5, 0.6) is 0 Å². The van der Waals surface area contributed by atoms with Crippen LogP contribution in [0.25, 0.3) is 11.0 Å². The predicted molar refractivity (Wildman–Crippen MR) is 131 cm³/mol. The largest absolute Gasteiger partial charge is 0.379 e. The number of fused-ring (bicyclic) bond motifs is 1. The third-order valence-corrected chi connectivity index (χ3v) is 7.07. The van der Waals surface area contributed by atoms with Crippen molar-refractivity contribution in [2.24, 2.45) is 0 Å². The number of nitrogens with one attached hydrogen (secondary N) is 1. The van der Waals surface area contributed by atoms with Crippen molar-refractivity contribution in [1.82, 2.24) is 19.4 Å². The quantitative estimate of drug-likeness (QED) is 0.594. The van der Waals surface area contributed by atoms with E-state index in [2.05, 4.69) is 34.3 Å². The summed E-state index contributed by atoms with van der Waals surface area (Å²) in [5, 5.41) is 4.29. The average Bonchev–Trinajstić information content (AvgIpc) is 3.39. The molecular formula is C26H33N5O2. The van der Waals surface area contributed by atoms with Crippen LogP contribution in [0.15, 0.2) is 47.4 Å². The highest BCUT2D eigenvalue weighted by atomic mass is 16.5. The number of hydrogen-bond acceptors (Lipinski definition) is 6. The van der Waals surface area contributed by atoms with E-state index < -0.39 is 0 Å². The Labute approximate surface area is 194 Å². The van der Waals surface area contributed by atoms with Crippen LogP contribution in [-0.2, 0) is 4.74 Å². The second-order valence-electron chi connectivity index (χ2n) is 9.20. The van der Waals surface area contributed by atoms with Gasteiger partial charge in [-0.05, 0) is 24.5 Å². The maximum Gasteiger partial charge on any atom is 0.256 e. The number of anilines is 1. The Morgan fingerprint density at radius 1 is 1.15 bits per heavy atom. The van der Waals surface area contributed by atoms with Gasteiger partial charge in [0.1, 0.15) is 5.65 Å². The summed E-state index contributed by atoms with van der Waals surface area (Å²) in [6, 6.07) is 12.4. The SMILES string of the molecule is CC(c1ccccc1)c1cc2cnc(NCCN3CCOCC3)nc2n(C2CCCC2)c1=O. The minimum Gasteiger partial charge on any atom is -0.379 e. The van der Waals surface area contributed by atoms with Crippen LogP contribution < -0.4 is 10.9 Å². The molecule has 2 fully saturated rings. The van der Waals surface area contributed by atoms with Crippen molar-refractivity contribution in [3.63, 3.8) is 0 Å². The molecule has 2 aromatic heterocycles. The van der Waals surface area contributed by atoms with Gasteiger partial charge >= 0.3 is 0 Å². The molecule has 5 rings (SSSR count). The first kappa shape index (κ1) is 22.0. The fourth-order valence-corrected chi connectivity index (χ4v) is 5.11. The molecule has 1 unspecified atom stereocenters. The number of pyridine rings is 1. The number of hydrogen-bond donors (Lipinski definition) is 1. The summed E-state index contributed by atoms with van der Waals surface area (Å²) < 4.78 is 7.39. The van der Waals surface area contributed by atoms with Crippen LogP contribution in [0.4, 0.5) is 5.95 Å². The third kappa shape index (κ3) is 4.80. The van der Waals surface area contributed by atoms with Gasteiger partial charge in [0.15, 0.2) is 0 Å². The van der Waals surface area contributed by atoms with Gasteiger partial charge in [-0.25, -0.2) is 4.98 Å². The van der Waals surface area contributed by atoms with Gasteiger partial charge in [-0.2, -0.15) is 4.98 Å². The van der Waals surface area contributed by atoms with E-state index in [-0.39, 0.29) is 17.5 Å². The van der Waals surface area contributed by atoms with Gasteiger partial charge in [0.2, 0.25) is 5.95 Å². The average molecular weight is 448 g/mol. The van der Waals surface area contributed by atoms with Crippen molar-refractivity contribution in [3.05, 3.63) is 64.1 Å². The van der Waals surface area contributed by atoms with Gasteiger partial charge in [-0.1, -0.05) is 50.1 Å². The second-order valence-corrected chi connectivity index (χ2v) is 9.20. The first-order valence-electron chi connectivity index (χ1n) is 12.2. The molecule has 1 aromatic carbocycles. The predicted octanol–water partition coefficient (Wildman–Crippen LogP) is 3.80. The molecule has 0 radical (unpaired) electrons. The highest BCUT2D eigenvalue weighted by Gasteiger charge is 2.24. The monoisotopic (exact) mass is 447 g/mol. The molecule has 0 bridgehead atoms. The zero-order valence-corrected chi connectivity index (χ0v) is 19.4. The van der Waals surface area contributed by atoms with Crippen LogP contribution in [0.3, 0.4) is 0 Å². The smallest absolute Gasteiger partial charge is 0.256 e. The van der Waals surface area contributed by atoms with E-state index in [1.807, 2.05) is 35.0 Å². The van der Waals surface area contributed by atoms with Crippen molar-refractivity contribution in [1.29, 1.82) is 0 Å². The molecule has 174 valence electrons. The number of ether oxygens (including phenoxy) is 1. The number of nitrogens with zero attached hydrogens (tertiary/aromatic N) is 4. The summed E-state index contributed by atoms with van der Waals surface area (Å²) in [4.78, 5) is 25.6. The zero-order valence-electron chi connectivity index (χ0n) is 19.4. The van der Waals surface area contributed by atoms with Crippen molar-refractivity contribution in [2.75, 3.05) is 44.7 Å². The van der Waals surface area contributed by atoms with E-state index in [0.29, 0.717) is 5.95 Å². The summed E-state index contributed by atoms with van der Waals surface area (Å²) in [6.45, 7) is 7.32. The topological polar surface area (TPSA) is 72.3 Å². The van der Waals surface area contributed by atoms with E-state index in [9.17, 15) is 4.79 Å². The Morgan fingerprint density at radius 3 is 2.67 bits per heavy atom. The molecule has 1 N–H and O–H groups in total. The summed E-state index contributed by atoms with van der Waals surface area (Å²) in [6.07, 6.45) is 6.25. The molecule has 7 nitrogen and oxygen atoms in total. The molecule has 2 aliphatic rings. The molecule has 1 aliphatic heterocycles. The van der Waals surface area contributed by atoms with Crippen molar-refractivity contribution in [3.8, 4) is 0 Å². The lowest BCUT2D eigenvalue weighted by atomic mass is 9.93. The normalized spacial score (nSPS) is 18.6. The fraction of sp³-hybridized carbons (Fsp3) is 0.500.